The minimum atomic E-state index is -0.160. The van der Waals surface area contributed by atoms with Gasteiger partial charge in [0.1, 0.15) is 6.33 Å². The van der Waals surface area contributed by atoms with Crippen LogP contribution in [0.1, 0.15) is 35.3 Å². The van der Waals surface area contributed by atoms with Gasteiger partial charge in [-0.05, 0) is 61.4 Å². The number of amides is 2. The summed E-state index contributed by atoms with van der Waals surface area (Å²) in [6.45, 7) is 7.66. The molecule has 0 atom stereocenters. The van der Waals surface area contributed by atoms with Crippen molar-refractivity contribution in [2.75, 3.05) is 10.6 Å². The van der Waals surface area contributed by atoms with Crippen LogP contribution >= 0.6 is 0 Å². The van der Waals surface area contributed by atoms with E-state index in [0.717, 1.165) is 22.5 Å². The first-order valence-corrected chi connectivity index (χ1v) is 9.17. The summed E-state index contributed by atoms with van der Waals surface area (Å²) in [5.74, 6) is 0.145. The Hall–Kier alpha value is -3.41. The Labute approximate surface area is 164 Å². The number of aryl methyl sites for hydroxylation is 2. The molecule has 6 heteroatoms. The molecular formula is C22H24N4O2. The summed E-state index contributed by atoms with van der Waals surface area (Å²) in [6, 6.07) is 13.2. The molecule has 6 nitrogen and oxygen atoms in total. The molecule has 1 aromatic heterocycles. The maximum Gasteiger partial charge on any atom is 0.255 e. The van der Waals surface area contributed by atoms with Gasteiger partial charge in [0.25, 0.3) is 5.91 Å². The van der Waals surface area contributed by atoms with Crippen LogP contribution in [0.3, 0.4) is 0 Å². The lowest BCUT2D eigenvalue weighted by Crippen LogP contribution is -2.17. The van der Waals surface area contributed by atoms with E-state index in [9.17, 15) is 9.59 Å². The van der Waals surface area contributed by atoms with Gasteiger partial charge in [-0.2, -0.15) is 0 Å². The Kier molecular flexibility index (Phi) is 5.59. The zero-order valence-electron chi connectivity index (χ0n) is 16.5. The van der Waals surface area contributed by atoms with Gasteiger partial charge in [-0.15, -0.1) is 0 Å². The second-order valence-electron chi connectivity index (χ2n) is 7.19. The first kappa shape index (κ1) is 19.4. The third-order valence-electron chi connectivity index (χ3n) is 4.27. The van der Waals surface area contributed by atoms with Crippen molar-refractivity contribution < 1.29 is 9.59 Å². The molecule has 0 aliphatic carbocycles. The summed E-state index contributed by atoms with van der Waals surface area (Å²) in [5.41, 5.74) is 4.40. The molecule has 0 saturated carbocycles. The van der Waals surface area contributed by atoms with Gasteiger partial charge < -0.3 is 15.2 Å². The maximum absolute atomic E-state index is 12.5. The van der Waals surface area contributed by atoms with Crippen molar-refractivity contribution in [3.63, 3.8) is 0 Å². The summed E-state index contributed by atoms with van der Waals surface area (Å²) in [5, 5.41) is 5.69. The molecule has 2 N–H and O–H groups in total. The zero-order chi connectivity index (χ0) is 20.3. The van der Waals surface area contributed by atoms with Gasteiger partial charge in [0.15, 0.2) is 5.82 Å². The van der Waals surface area contributed by atoms with Crippen molar-refractivity contribution in [1.82, 2.24) is 9.55 Å². The smallest absolute Gasteiger partial charge is 0.255 e. The molecule has 0 aliphatic rings. The van der Waals surface area contributed by atoms with E-state index in [0.29, 0.717) is 11.4 Å². The van der Waals surface area contributed by atoms with Crippen molar-refractivity contribution in [2.24, 2.45) is 5.92 Å². The van der Waals surface area contributed by atoms with Crippen LogP contribution in [0.2, 0.25) is 0 Å². The molecule has 0 spiro atoms. The fourth-order valence-corrected chi connectivity index (χ4v) is 2.83. The van der Waals surface area contributed by atoms with Gasteiger partial charge in [-0.25, -0.2) is 4.98 Å². The lowest BCUT2D eigenvalue weighted by atomic mass is 10.1. The fourth-order valence-electron chi connectivity index (χ4n) is 2.83. The molecule has 0 fully saturated rings. The molecule has 0 bridgehead atoms. The molecule has 0 aliphatic heterocycles. The molecule has 0 unspecified atom stereocenters. The van der Waals surface area contributed by atoms with Crippen LogP contribution in [0.4, 0.5) is 11.5 Å². The molecule has 0 radical (unpaired) electrons. The topological polar surface area (TPSA) is 76.0 Å². The summed E-state index contributed by atoms with van der Waals surface area (Å²) in [4.78, 5) is 28.5. The lowest BCUT2D eigenvalue weighted by Gasteiger charge is -2.08. The van der Waals surface area contributed by atoms with Crippen molar-refractivity contribution in [1.29, 1.82) is 0 Å². The van der Waals surface area contributed by atoms with Crippen LogP contribution in [-0.4, -0.2) is 21.4 Å². The zero-order valence-corrected chi connectivity index (χ0v) is 16.5. The highest BCUT2D eigenvalue weighted by atomic mass is 16.2. The highest BCUT2D eigenvalue weighted by molar-refractivity contribution is 6.04. The molecule has 2 amide bonds. The van der Waals surface area contributed by atoms with Gasteiger partial charge >= 0.3 is 0 Å². The predicted molar refractivity (Wildman–Crippen MR) is 111 cm³/mol. The van der Waals surface area contributed by atoms with Gasteiger partial charge in [-0.3, -0.25) is 9.59 Å². The van der Waals surface area contributed by atoms with Crippen LogP contribution in [0.5, 0.6) is 0 Å². The quantitative estimate of drug-likeness (QED) is 0.696. The number of nitrogens with zero attached hydrogens (tertiary/aromatic N) is 2. The number of hydrogen-bond donors (Lipinski definition) is 2. The van der Waals surface area contributed by atoms with Gasteiger partial charge in [0.05, 0.1) is 6.20 Å². The number of aromatic nitrogens is 2. The average Bonchev–Trinajstić information content (AvgIpc) is 3.09. The first-order chi connectivity index (χ1) is 13.3. The third-order valence-corrected chi connectivity index (χ3v) is 4.27. The van der Waals surface area contributed by atoms with E-state index in [-0.39, 0.29) is 17.7 Å². The van der Waals surface area contributed by atoms with Crippen molar-refractivity contribution in [3.05, 3.63) is 71.7 Å². The number of benzene rings is 2. The van der Waals surface area contributed by atoms with Gasteiger partial charge in [-0.1, -0.05) is 19.9 Å². The second kappa shape index (κ2) is 8.08. The van der Waals surface area contributed by atoms with Gasteiger partial charge in [0.2, 0.25) is 5.91 Å². The van der Waals surface area contributed by atoms with Gasteiger partial charge in [0, 0.05) is 22.9 Å². The van der Waals surface area contributed by atoms with Crippen LogP contribution in [0, 0.1) is 19.8 Å². The number of anilines is 2. The Balaban J connectivity index is 1.70. The fraction of sp³-hybridized carbons (Fsp3) is 0.227. The minimum Gasteiger partial charge on any atom is -0.322 e. The lowest BCUT2D eigenvalue weighted by molar-refractivity contribution is -0.118. The summed E-state index contributed by atoms with van der Waals surface area (Å²) >= 11 is 0. The highest BCUT2D eigenvalue weighted by Gasteiger charge is 2.10. The molecule has 3 aromatic rings. The summed E-state index contributed by atoms with van der Waals surface area (Å²) < 4.78 is 1.79. The predicted octanol–water partition coefficient (Wildman–Crippen LogP) is 4.34. The number of hydrogen-bond acceptors (Lipinski definition) is 3. The van der Waals surface area contributed by atoms with Crippen molar-refractivity contribution >= 4 is 23.3 Å². The average molecular weight is 376 g/mol. The number of carbonyl (C=O) groups excluding carboxylic acids is 2. The third kappa shape index (κ3) is 4.65. The minimum absolute atomic E-state index is 0.0799. The van der Waals surface area contributed by atoms with E-state index in [1.54, 1.807) is 29.2 Å². The van der Waals surface area contributed by atoms with E-state index in [1.165, 1.54) is 0 Å². The van der Waals surface area contributed by atoms with Crippen LogP contribution in [0.25, 0.3) is 5.69 Å². The first-order valence-electron chi connectivity index (χ1n) is 9.17. The number of nitrogens with one attached hydrogen (secondary N) is 2. The second-order valence-corrected chi connectivity index (χ2v) is 7.19. The Bertz CT molecular complexity index is 983. The Morgan fingerprint density at radius 3 is 2.21 bits per heavy atom. The largest absolute Gasteiger partial charge is 0.322 e. The Morgan fingerprint density at radius 1 is 0.964 bits per heavy atom. The van der Waals surface area contributed by atoms with Crippen LogP contribution in [-0.2, 0) is 4.79 Å². The molecule has 1 heterocycles. The number of imidazole rings is 1. The standard InChI is InChI=1S/C22H24N4O2/c1-14(2)21(27)25-20-12-26(13-23-20)19-7-5-17(6-8-19)22(28)24-18-10-15(3)9-16(4)11-18/h5-14H,1-4H3,(H,24,28)(H,25,27). The highest BCUT2D eigenvalue weighted by Crippen LogP contribution is 2.17. The monoisotopic (exact) mass is 376 g/mol. The molecule has 2 aromatic carbocycles. The van der Waals surface area contributed by atoms with Crippen molar-refractivity contribution in [3.8, 4) is 5.69 Å². The van der Waals surface area contributed by atoms with E-state index in [4.69, 9.17) is 0 Å². The number of carbonyl (C=O) groups is 2. The summed E-state index contributed by atoms with van der Waals surface area (Å²) in [7, 11) is 0. The van der Waals surface area contributed by atoms with E-state index < -0.39 is 0 Å². The van der Waals surface area contributed by atoms with Crippen molar-refractivity contribution in [2.45, 2.75) is 27.7 Å². The molecule has 3 rings (SSSR count). The maximum atomic E-state index is 12.5. The normalized spacial score (nSPS) is 10.8. The van der Waals surface area contributed by atoms with Crippen LogP contribution in [0.15, 0.2) is 55.0 Å². The summed E-state index contributed by atoms with van der Waals surface area (Å²) in [6.07, 6.45) is 3.37. The molecule has 144 valence electrons. The molecule has 0 saturated heterocycles. The van der Waals surface area contributed by atoms with E-state index in [1.807, 2.05) is 52.0 Å². The van der Waals surface area contributed by atoms with E-state index in [2.05, 4.69) is 21.7 Å². The van der Waals surface area contributed by atoms with E-state index >= 15 is 0 Å². The Morgan fingerprint density at radius 2 is 1.61 bits per heavy atom. The molecule has 28 heavy (non-hydrogen) atoms. The number of rotatable bonds is 5. The SMILES string of the molecule is Cc1cc(C)cc(NC(=O)c2ccc(-n3cnc(NC(=O)C(C)C)c3)cc2)c1. The molecular weight excluding hydrogens is 352 g/mol. The van der Waals surface area contributed by atoms with Crippen LogP contribution < -0.4 is 10.6 Å².